The molecule has 1 atom stereocenters. The van der Waals surface area contributed by atoms with Gasteiger partial charge in [0, 0.05) is 16.7 Å². The van der Waals surface area contributed by atoms with Gasteiger partial charge >= 0.3 is 0 Å². The van der Waals surface area contributed by atoms with Crippen LogP contribution in [0.5, 0.6) is 0 Å². The van der Waals surface area contributed by atoms with Crippen LogP contribution in [-0.4, -0.2) is 23.2 Å². The van der Waals surface area contributed by atoms with E-state index < -0.39 is 5.54 Å². The van der Waals surface area contributed by atoms with Crippen LogP contribution in [-0.2, 0) is 4.79 Å². The molecule has 0 bridgehead atoms. The number of hydrogen-bond donors (Lipinski definition) is 2. The molecule has 1 aromatic carbocycles. The van der Waals surface area contributed by atoms with Crippen molar-refractivity contribution >= 4 is 17.7 Å². The number of aryl methyl sites for hydroxylation is 1. The third kappa shape index (κ3) is 4.88. The molecule has 0 aliphatic rings. The summed E-state index contributed by atoms with van der Waals surface area (Å²) in [7, 11) is 0. The van der Waals surface area contributed by atoms with E-state index in [1.54, 1.807) is 11.8 Å². The molecule has 0 saturated heterocycles. The SMILES string of the molecule is Cc1ccccc1SCCC(C)(NC(C)C)C(N)=O. The molecule has 0 saturated carbocycles. The highest BCUT2D eigenvalue weighted by Gasteiger charge is 2.30. The van der Waals surface area contributed by atoms with Crippen molar-refractivity contribution in [1.82, 2.24) is 5.32 Å². The summed E-state index contributed by atoms with van der Waals surface area (Å²) in [5.74, 6) is 0.580. The monoisotopic (exact) mass is 280 g/mol. The van der Waals surface area contributed by atoms with E-state index in [1.807, 2.05) is 32.9 Å². The first kappa shape index (κ1) is 16.1. The number of hydrogen-bond acceptors (Lipinski definition) is 3. The highest BCUT2D eigenvalue weighted by molar-refractivity contribution is 7.99. The second kappa shape index (κ2) is 6.96. The van der Waals surface area contributed by atoms with Crippen LogP contribution in [0.4, 0.5) is 0 Å². The third-order valence-corrected chi connectivity index (χ3v) is 4.28. The smallest absolute Gasteiger partial charge is 0.237 e. The molecule has 3 N–H and O–H groups in total. The van der Waals surface area contributed by atoms with E-state index in [1.165, 1.54) is 10.5 Å². The minimum atomic E-state index is -0.635. The molecule has 0 aliphatic heterocycles. The number of nitrogens with one attached hydrogen (secondary N) is 1. The van der Waals surface area contributed by atoms with Gasteiger partial charge in [-0.05, 0) is 45.7 Å². The van der Waals surface area contributed by atoms with Crippen LogP contribution in [0.3, 0.4) is 0 Å². The van der Waals surface area contributed by atoms with Crippen LogP contribution in [0, 0.1) is 6.92 Å². The summed E-state index contributed by atoms with van der Waals surface area (Å²) in [4.78, 5) is 12.9. The number of thioether (sulfide) groups is 1. The largest absolute Gasteiger partial charge is 0.368 e. The van der Waals surface area contributed by atoms with E-state index in [0.29, 0.717) is 0 Å². The molecule has 4 heteroatoms. The lowest BCUT2D eigenvalue weighted by molar-refractivity contribution is -0.124. The molecular weight excluding hydrogens is 256 g/mol. The van der Waals surface area contributed by atoms with Crippen molar-refractivity contribution in [1.29, 1.82) is 0 Å². The molecule has 19 heavy (non-hydrogen) atoms. The Morgan fingerprint density at radius 2 is 2.05 bits per heavy atom. The minimum absolute atomic E-state index is 0.237. The fraction of sp³-hybridized carbons (Fsp3) is 0.533. The second-order valence-electron chi connectivity index (χ2n) is 5.36. The number of carbonyl (C=O) groups excluding carboxylic acids is 1. The molecule has 3 nitrogen and oxygen atoms in total. The highest BCUT2D eigenvalue weighted by atomic mass is 32.2. The summed E-state index contributed by atoms with van der Waals surface area (Å²) in [5.41, 5.74) is 6.15. The van der Waals surface area contributed by atoms with Crippen LogP contribution in [0.1, 0.15) is 32.8 Å². The van der Waals surface area contributed by atoms with Crippen molar-refractivity contribution in [3.8, 4) is 0 Å². The fourth-order valence-electron chi connectivity index (χ4n) is 1.99. The molecule has 0 aromatic heterocycles. The Morgan fingerprint density at radius 1 is 1.42 bits per heavy atom. The van der Waals surface area contributed by atoms with E-state index in [-0.39, 0.29) is 11.9 Å². The van der Waals surface area contributed by atoms with Crippen LogP contribution in [0.15, 0.2) is 29.2 Å². The van der Waals surface area contributed by atoms with Gasteiger partial charge in [-0.3, -0.25) is 4.79 Å². The van der Waals surface area contributed by atoms with E-state index in [0.717, 1.165) is 12.2 Å². The number of carbonyl (C=O) groups is 1. The lowest BCUT2D eigenvalue weighted by Crippen LogP contribution is -2.55. The standard InChI is InChI=1S/C15H24N2OS/c1-11(2)17-15(4,14(16)18)9-10-19-13-8-6-5-7-12(13)3/h5-8,11,17H,9-10H2,1-4H3,(H2,16,18). The van der Waals surface area contributed by atoms with Gasteiger partial charge in [-0.25, -0.2) is 0 Å². The first-order chi connectivity index (χ1) is 8.85. The molecule has 1 aromatic rings. The van der Waals surface area contributed by atoms with Gasteiger partial charge in [0.05, 0.1) is 5.54 Å². The van der Waals surface area contributed by atoms with Crippen molar-refractivity contribution in [3.63, 3.8) is 0 Å². The number of rotatable bonds is 7. The normalized spacial score (nSPS) is 14.4. The first-order valence-corrected chi connectivity index (χ1v) is 7.60. The zero-order chi connectivity index (χ0) is 14.5. The lowest BCUT2D eigenvalue weighted by Gasteiger charge is -2.29. The third-order valence-electron chi connectivity index (χ3n) is 3.10. The summed E-state index contributed by atoms with van der Waals surface area (Å²) in [6.07, 6.45) is 0.722. The molecule has 0 radical (unpaired) electrons. The molecule has 106 valence electrons. The molecule has 1 rings (SSSR count). The summed E-state index contributed by atoms with van der Waals surface area (Å²) in [5, 5.41) is 3.27. The zero-order valence-corrected chi connectivity index (χ0v) is 13.0. The second-order valence-corrected chi connectivity index (χ2v) is 6.50. The van der Waals surface area contributed by atoms with Gasteiger partial charge in [0.25, 0.3) is 0 Å². The molecular formula is C15H24N2OS. The molecule has 0 fully saturated rings. The average Bonchev–Trinajstić information content (AvgIpc) is 2.30. The molecule has 0 heterocycles. The minimum Gasteiger partial charge on any atom is -0.368 e. The Hall–Kier alpha value is -1.00. The Morgan fingerprint density at radius 3 is 2.58 bits per heavy atom. The van der Waals surface area contributed by atoms with E-state index in [9.17, 15) is 4.79 Å². The Kier molecular flexibility index (Phi) is 5.88. The van der Waals surface area contributed by atoms with Crippen molar-refractivity contribution in [3.05, 3.63) is 29.8 Å². The van der Waals surface area contributed by atoms with Gasteiger partial charge in [-0.15, -0.1) is 11.8 Å². The number of amides is 1. The number of nitrogens with two attached hydrogens (primary N) is 1. The predicted octanol–water partition coefficient (Wildman–Crippen LogP) is 2.72. The van der Waals surface area contributed by atoms with Gasteiger partial charge in [0.15, 0.2) is 0 Å². The van der Waals surface area contributed by atoms with Crippen molar-refractivity contribution in [2.75, 3.05) is 5.75 Å². The summed E-state index contributed by atoms with van der Waals surface area (Å²) < 4.78 is 0. The fourth-order valence-corrected chi connectivity index (χ4v) is 3.19. The average molecular weight is 280 g/mol. The van der Waals surface area contributed by atoms with Gasteiger partial charge in [0.2, 0.25) is 5.91 Å². The first-order valence-electron chi connectivity index (χ1n) is 6.61. The maximum atomic E-state index is 11.6. The van der Waals surface area contributed by atoms with Gasteiger partial charge in [-0.1, -0.05) is 18.2 Å². The lowest BCUT2D eigenvalue weighted by atomic mass is 9.97. The number of benzene rings is 1. The predicted molar refractivity (Wildman–Crippen MR) is 82.4 cm³/mol. The van der Waals surface area contributed by atoms with Gasteiger partial charge < -0.3 is 11.1 Å². The number of primary amides is 1. The summed E-state index contributed by atoms with van der Waals surface area (Å²) in [6.45, 7) is 8.03. The van der Waals surface area contributed by atoms with E-state index >= 15 is 0 Å². The van der Waals surface area contributed by atoms with Gasteiger partial charge in [0.1, 0.15) is 0 Å². The summed E-state index contributed by atoms with van der Waals surface area (Å²) in [6, 6.07) is 8.52. The van der Waals surface area contributed by atoms with Crippen LogP contribution in [0.25, 0.3) is 0 Å². The Bertz CT molecular complexity index is 434. The molecule has 1 amide bonds. The maximum Gasteiger partial charge on any atom is 0.237 e. The quantitative estimate of drug-likeness (QED) is 0.755. The van der Waals surface area contributed by atoms with Crippen molar-refractivity contribution in [2.45, 2.75) is 50.6 Å². The summed E-state index contributed by atoms with van der Waals surface area (Å²) >= 11 is 1.77. The van der Waals surface area contributed by atoms with Crippen LogP contribution >= 0.6 is 11.8 Å². The zero-order valence-electron chi connectivity index (χ0n) is 12.2. The van der Waals surface area contributed by atoms with Crippen molar-refractivity contribution < 1.29 is 4.79 Å². The Labute approximate surface area is 120 Å². The molecule has 0 spiro atoms. The van der Waals surface area contributed by atoms with Gasteiger partial charge in [-0.2, -0.15) is 0 Å². The topological polar surface area (TPSA) is 55.1 Å². The van der Waals surface area contributed by atoms with E-state index in [4.69, 9.17) is 5.73 Å². The molecule has 0 aliphatic carbocycles. The maximum absolute atomic E-state index is 11.6. The highest BCUT2D eigenvalue weighted by Crippen LogP contribution is 2.25. The van der Waals surface area contributed by atoms with Crippen molar-refractivity contribution in [2.24, 2.45) is 5.73 Å². The molecule has 1 unspecified atom stereocenters. The van der Waals surface area contributed by atoms with Crippen LogP contribution < -0.4 is 11.1 Å². The Balaban J connectivity index is 2.58. The van der Waals surface area contributed by atoms with E-state index in [2.05, 4.69) is 24.4 Å². The van der Waals surface area contributed by atoms with Crippen LogP contribution in [0.2, 0.25) is 0 Å².